The molecular weight excluding hydrogens is 250 g/mol. The number of halogens is 1. The van der Waals surface area contributed by atoms with E-state index in [0.29, 0.717) is 10.9 Å². The summed E-state index contributed by atoms with van der Waals surface area (Å²) in [5.41, 5.74) is 0. The molecule has 1 aliphatic rings. The van der Waals surface area contributed by atoms with Crippen molar-refractivity contribution in [1.82, 2.24) is 15.5 Å². The lowest BCUT2D eigenvalue weighted by Gasteiger charge is -2.19. The average Bonchev–Trinajstić information content (AvgIpc) is 2.78. The number of ether oxygens (including phenoxy) is 1. The van der Waals surface area contributed by atoms with Gasteiger partial charge in [-0.2, -0.15) is 0 Å². The maximum Gasteiger partial charge on any atom is 0.369 e. The van der Waals surface area contributed by atoms with Crippen LogP contribution in [0, 0.1) is 0 Å². The van der Waals surface area contributed by atoms with Crippen molar-refractivity contribution in [2.45, 2.75) is 18.8 Å². The van der Waals surface area contributed by atoms with Crippen molar-refractivity contribution < 1.29 is 9.53 Å². The van der Waals surface area contributed by atoms with Gasteiger partial charge in [-0.05, 0) is 19.4 Å². The Bertz CT molecular complexity index is 352. The van der Waals surface area contributed by atoms with Gasteiger partial charge in [0.25, 0.3) is 0 Å². The number of rotatable bonds is 2. The fourth-order valence-electron chi connectivity index (χ4n) is 1.63. The molecule has 90 valence electrons. The van der Waals surface area contributed by atoms with Gasteiger partial charge in [-0.3, -0.25) is 0 Å². The number of carbonyl (C=O) groups is 1. The number of aromatic nitrogens is 2. The summed E-state index contributed by atoms with van der Waals surface area (Å²) in [5.74, 6) is -0.00262. The topological polar surface area (TPSA) is 64.1 Å². The molecule has 1 N–H and O–H groups in total. The first-order valence-corrected chi connectivity index (χ1v) is 5.75. The summed E-state index contributed by atoms with van der Waals surface area (Å²) >= 11 is 1.34. The molecule has 0 radical (unpaired) electrons. The molecule has 16 heavy (non-hydrogen) atoms. The predicted octanol–water partition coefficient (Wildman–Crippen LogP) is 1.21. The Morgan fingerprint density at radius 1 is 1.56 bits per heavy atom. The van der Waals surface area contributed by atoms with Crippen molar-refractivity contribution in [3.8, 4) is 0 Å². The number of carbonyl (C=O) groups excluding carboxylic acids is 1. The number of methoxy groups -OCH3 is 1. The van der Waals surface area contributed by atoms with Gasteiger partial charge >= 0.3 is 5.97 Å². The van der Waals surface area contributed by atoms with Gasteiger partial charge in [0.2, 0.25) is 5.01 Å². The number of esters is 1. The molecule has 0 aromatic carbocycles. The smallest absolute Gasteiger partial charge is 0.369 e. The molecule has 7 heteroatoms. The minimum absolute atomic E-state index is 0. The molecule has 2 rings (SSSR count). The molecule has 1 aromatic rings. The van der Waals surface area contributed by atoms with Crippen LogP contribution in [0.25, 0.3) is 0 Å². The van der Waals surface area contributed by atoms with Crippen molar-refractivity contribution in [3.63, 3.8) is 0 Å². The summed E-state index contributed by atoms with van der Waals surface area (Å²) in [7, 11) is 1.35. The van der Waals surface area contributed by atoms with Gasteiger partial charge in [0.1, 0.15) is 5.01 Å². The van der Waals surface area contributed by atoms with E-state index in [1.165, 1.54) is 18.4 Å². The van der Waals surface area contributed by atoms with Crippen molar-refractivity contribution in [3.05, 3.63) is 10.0 Å². The Morgan fingerprint density at radius 2 is 2.38 bits per heavy atom. The second-order valence-electron chi connectivity index (χ2n) is 3.48. The van der Waals surface area contributed by atoms with Crippen LogP contribution in [-0.2, 0) is 4.74 Å². The SMILES string of the molecule is COC(=O)c1nnc(C2CCCNC2)s1.Cl. The molecule has 1 saturated heterocycles. The zero-order valence-electron chi connectivity index (χ0n) is 8.93. The normalized spacial score (nSPS) is 19.9. The van der Waals surface area contributed by atoms with Crippen LogP contribution in [0.3, 0.4) is 0 Å². The quantitative estimate of drug-likeness (QED) is 0.813. The highest BCUT2D eigenvalue weighted by Gasteiger charge is 2.21. The molecule has 0 amide bonds. The fraction of sp³-hybridized carbons (Fsp3) is 0.667. The van der Waals surface area contributed by atoms with Gasteiger partial charge in [0, 0.05) is 12.5 Å². The summed E-state index contributed by atoms with van der Waals surface area (Å²) in [6.45, 7) is 2.00. The van der Waals surface area contributed by atoms with E-state index < -0.39 is 5.97 Å². The van der Waals surface area contributed by atoms with Crippen molar-refractivity contribution >= 4 is 29.7 Å². The Balaban J connectivity index is 0.00000128. The second-order valence-corrected chi connectivity index (χ2v) is 4.49. The standard InChI is InChI=1S/C9H13N3O2S.ClH/c1-14-9(13)8-12-11-7(15-8)6-3-2-4-10-5-6;/h6,10H,2-5H2,1H3;1H. The third-order valence-corrected chi connectivity index (χ3v) is 3.51. The van der Waals surface area contributed by atoms with Crippen molar-refractivity contribution in [2.24, 2.45) is 0 Å². The van der Waals surface area contributed by atoms with Gasteiger partial charge in [-0.15, -0.1) is 22.6 Å². The first-order chi connectivity index (χ1) is 7.31. The van der Waals surface area contributed by atoms with E-state index in [-0.39, 0.29) is 12.4 Å². The van der Waals surface area contributed by atoms with Crippen LogP contribution in [-0.4, -0.2) is 36.4 Å². The molecule has 1 unspecified atom stereocenters. The zero-order valence-corrected chi connectivity index (χ0v) is 10.6. The first-order valence-electron chi connectivity index (χ1n) is 4.93. The number of nitrogens with one attached hydrogen (secondary N) is 1. The second kappa shape index (κ2) is 6.12. The molecular formula is C9H14ClN3O2S. The van der Waals surface area contributed by atoms with Gasteiger partial charge < -0.3 is 10.1 Å². The number of piperidine rings is 1. The summed E-state index contributed by atoms with van der Waals surface area (Å²) in [6, 6.07) is 0. The number of nitrogens with zero attached hydrogens (tertiary/aromatic N) is 2. The Morgan fingerprint density at radius 3 is 3.00 bits per heavy atom. The number of hydrogen-bond donors (Lipinski definition) is 1. The third-order valence-electron chi connectivity index (χ3n) is 2.45. The molecule has 1 aliphatic heterocycles. The van der Waals surface area contributed by atoms with E-state index >= 15 is 0 Å². The highest BCUT2D eigenvalue weighted by molar-refractivity contribution is 7.13. The molecule has 0 bridgehead atoms. The largest absolute Gasteiger partial charge is 0.464 e. The van der Waals surface area contributed by atoms with Crippen LogP contribution in [0.2, 0.25) is 0 Å². The molecule has 1 fully saturated rings. The van der Waals surface area contributed by atoms with Gasteiger partial charge in [0.15, 0.2) is 0 Å². The van der Waals surface area contributed by atoms with E-state index in [2.05, 4.69) is 20.3 Å². The van der Waals surface area contributed by atoms with Crippen LogP contribution in [0.15, 0.2) is 0 Å². The molecule has 1 atom stereocenters. The summed E-state index contributed by atoms with van der Waals surface area (Å²) in [5, 5.41) is 12.5. The van der Waals surface area contributed by atoms with E-state index in [1.807, 2.05) is 0 Å². The van der Waals surface area contributed by atoms with Crippen LogP contribution < -0.4 is 5.32 Å². The van der Waals surface area contributed by atoms with E-state index in [1.54, 1.807) is 0 Å². The lowest BCUT2D eigenvalue weighted by molar-refractivity contribution is 0.0599. The van der Waals surface area contributed by atoms with Gasteiger partial charge in [-0.25, -0.2) is 4.79 Å². The summed E-state index contributed by atoms with van der Waals surface area (Å²) in [6.07, 6.45) is 2.26. The fourth-order valence-corrected chi connectivity index (χ4v) is 2.53. The van der Waals surface area contributed by atoms with Crippen LogP contribution in [0.4, 0.5) is 0 Å². The molecule has 1 aromatic heterocycles. The van der Waals surface area contributed by atoms with Crippen LogP contribution in [0.5, 0.6) is 0 Å². The average molecular weight is 264 g/mol. The summed E-state index contributed by atoms with van der Waals surface area (Å²) in [4.78, 5) is 11.2. The third kappa shape index (κ3) is 2.90. The summed E-state index contributed by atoms with van der Waals surface area (Å²) < 4.78 is 4.59. The van der Waals surface area contributed by atoms with E-state index in [0.717, 1.165) is 30.9 Å². The highest BCUT2D eigenvalue weighted by atomic mass is 35.5. The zero-order chi connectivity index (χ0) is 10.7. The lowest BCUT2D eigenvalue weighted by atomic mass is 10.0. The van der Waals surface area contributed by atoms with Crippen molar-refractivity contribution in [2.75, 3.05) is 20.2 Å². The Hall–Kier alpha value is -0.720. The minimum atomic E-state index is -0.400. The van der Waals surface area contributed by atoms with Gasteiger partial charge in [-0.1, -0.05) is 11.3 Å². The van der Waals surface area contributed by atoms with E-state index in [9.17, 15) is 4.79 Å². The predicted molar refractivity (Wildman–Crippen MR) is 63.3 cm³/mol. The minimum Gasteiger partial charge on any atom is -0.464 e. The van der Waals surface area contributed by atoms with Crippen LogP contribution >= 0.6 is 23.7 Å². The Kier molecular flexibility index (Phi) is 5.11. The monoisotopic (exact) mass is 263 g/mol. The van der Waals surface area contributed by atoms with Crippen LogP contribution in [0.1, 0.15) is 33.6 Å². The lowest BCUT2D eigenvalue weighted by Crippen LogP contribution is -2.28. The Labute approximate surface area is 104 Å². The first kappa shape index (κ1) is 13.3. The van der Waals surface area contributed by atoms with Gasteiger partial charge in [0.05, 0.1) is 7.11 Å². The highest BCUT2D eigenvalue weighted by Crippen LogP contribution is 2.25. The van der Waals surface area contributed by atoms with Crippen molar-refractivity contribution in [1.29, 1.82) is 0 Å². The number of hydrogen-bond acceptors (Lipinski definition) is 6. The molecule has 0 saturated carbocycles. The maximum atomic E-state index is 11.2. The molecule has 5 nitrogen and oxygen atoms in total. The maximum absolute atomic E-state index is 11.2. The molecule has 0 aliphatic carbocycles. The molecule has 2 heterocycles. The van der Waals surface area contributed by atoms with E-state index in [4.69, 9.17) is 0 Å². The molecule has 0 spiro atoms.